The van der Waals surface area contributed by atoms with Crippen LogP contribution in [0.5, 0.6) is 0 Å². The highest BCUT2D eigenvalue weighted by Crippen LogP contribution is 2.29. The highest BCUT2D eigenvalue weighted by atomic mass is 35.5. The number of halogens is 1. The Hall–Kier alpha value is -1.86. The number of aromatic nitrogens is 1. The Balaban J connectivity index is 1.74. The van der Waals surface area contributed by atoms with E-state index in [0.29, 0.717) is 23.1 Å². The zero-order valence-electron chi connectivity index (χ0n) is 15.0. The first-order valence-corrected chi connectivity index (χ1v) is 9.79. The summed E-state index contributed by atoms with van der Waals surface area (Å²) in [6.07, 6.45) is 1.92. The maximum atomic E-state index is 12.8. The van der Waals surface area contributed by atoms with Crippen molar-refractivity contribution in [3.63, 3.8) is 0 Å². The Morgan fingerprint density at radius 1 is 1.35 bits per heavy atom. The molecule has 2 heterocycles. The number of rotatable bonds is 2. The SMILES string of the molecule is CC(C)(C)OC(=O)N1CCCCC1C(=O)Nc1nc2ccc(Cl)cc2s1. The van der Waals surface area contributed by atoms with E-state index in [4.69, 9.17) is 16.3 Å². The van der Waals surface area contributed by atoms with Gasteiger partial charge in [0.1, 0.15) is 11.6 Å². The fourth-order valence-corrected chi connectivity index (χ4v) is 4.03. The fourth-order valence-electron chi connectivity index (χ4n) is 2.88. The standard InChI is InChI=1S/C18H22ClN3O3S/c1-18(2,3)25-17(24)22-9-5-4-6-13(22)15(23)21-16-20-12-8-7-11(19)10-14(12)26-16/h7-8,10,13H,4-6,9H2,1-3H3,(H,20,21,23). The number of ether oxygens (including phenoxy) is 1. The first-order chi connectivity index (χ1) is 12.2. The van der Waals surface area contributed by atoms with Crippen LogP contribution in [0.1, 0.15) is 40.0 Å². The fraction of sp³-hybridized carbons (Fsp3) is 0.500. The van der Waals surface area contributed by atoms with Gasteiger partial charge in [0.05, 0.1) is 10.2 Å². The Kier molecular flexibility index (Phi) is 5.39. The van der Waals surface area contributed by atoms with E-state index in [0.717, 1.165) is 23.1 Å². The molecule has 8 heteroatoms. The van der Waals surface area contributed by atoms with Gasteiger partial charge in [-0.05, 0) is 58.2 Å². The molecule has 1 aromatic carbocycles. The number of carbonyl (C=O) groups is 2. The maximum Gasteiger partial charge on any atom is 0.410 e. The molecule has 1 aliphatic rings. The van der Waals surface area contributed by atoms with Crippen molar-refractivity contribution in [2.45, 2.75) is 51.7 Å². The van der Waals surface area contributed by atoms with Gasteiger partial charge < -0.3 is 10.1 Å². The molecule has 1 atom stereocenters. The van der Waals surface area contributed by atoms with Crippen molar-refractivity contribution in [3.8, 4) is 0 Å². The van der Waals surface area contributed by atoms with Crippen molar-refractivity contribution in [1.82, 2.24) is 9.88 Å². The van der Waals surface area contributed by atoms with Gasteiger partial charge in [0, 0.05) is 11.6 Å². The van der Waals surface area contributed by atoms with Crippen LogP contribution in [0, 0.1) is 0 Å². The molecule has 1 unspecified atom stereocenters. The number of fused-ring (bicyclic) bond motifs is 1. The quantitative estimate of drug-likeness (QED) is 0.801. The first-order valence-electron chi connectivity index (χ1n) is 8.59. The highest BCUT2D eigenvalue weighted by Gasteiger charge is 2.35. The molecule has 1 N–H and O–H groups in total. The zero-order chi connectivity index (χ0) is 18.9. The molecule has 2 aromatic rings. The van der Waals surface area contributed by atoms with Gasteiger partial charge in [-0.1, -0.05) is 22.9 Å². The molecule has 1 saturated heterocycles. The van der Waals surface area contributed by atoms with E-state index in [1.54, 1.807) is 6.07 Å². The Labute approximate surface area is 161 Å². The first kappa shape index (κ1) is 18.9. The summed E-state index contributed by atoms with van der Waals surface area (Å²) in [5, 5.41) is 3.97. The van der Waals surface area contributed by atoms with Gasteiger partial charge in [0.25, 0.3) is 0 Å². The van der Waals surface area contributed by atoms with Crippen LogP contribution in [0.4, 0.5) is 9.93 Å². The van der Waals surface area contributed by atoms with Crippen molar-refractivity contribution >= 4 is 50.3 Å². The van der Waals surface area contributed by atoms with Crippen LogP contribution in [-0.4, -0.2) is 40.1 Å². The number of piperidine rings is 1. The Morgan fingerprint density at radius 2 is 2.12 bits per heavy atom. The summed E-state index contributed by atoms with van der Waals surface area (Å²) in [6, 6.07) is 4.85. The molecule has 0 radical (unpaired) electrons. The maximum absolute atomic E-state index is 12.8. The molecule has 0 saturated carbocycles. The van der Waals surface area contributed by atoms with E-state index >= 15 is 0 Å². The molecule has 1 aliphatic heterocycles. The number of hydrogen-bond donors (Lipinski definition) is 1. The summed E-state index contributed by atoms with van der Waals surface area (Å²) in [7, 11) is 0. The van der Waals surface area contributed by atoms with E-state index in [9.17, 15) is 9.59 Å². The van der Waals surface area contributed by atoms with E-state index < -0.39 is 17.7 Å². The van der Waals surface area contributed by atoms with Gasteiger partial charge in [0.2, 0.25) is 5.91 Å². The average molecular weight is 396 g/mol. The van der Waals surface area contributed by atoms with Crippen molar-refractivity contribution in [1.29, 1.82) is 0 Å². The minimum Gasteiger partial charge on any atom is -0.444 e. The lowest BCUT2D eigenvalue weighted by molar-refractivity contribution is -0.122. The lowest BCUT2D eigenvalue weighted by Gasteiger charge is -2.35. The molecule has 3 rings (SSSR count). The average Bonchev–Trinajstić information content (AvgIpc) is 2.94. The number of nitrogens with one attached hydrogen (secondary N) is 1. The van der Waals surface area contributed by atoms with Crippen LogP contribution in [0.25, 0.3) is 10.2 Å². The predicted octanol–water partition coefficient (Wildman–Crippen LogP) is 4.68. The highest BCUT2D eigenvalue weighted by molar-refractivity contribution is 7.22. The second-order valence-electron chi connectivity index (χ2n) is 7.31. The van der Waals surface area contributed by atoms with E-state index in [-0.39, 0.29) is 5.91 Å². The molecule has 26 heavy (non-hydrogen) atoms. The van der Waals surface area contributed by atoms with Crippen LogP contribution in [-0.2, 0) is 9.53 Å². The molecule has 140 valence electrons. The number of amides is 2. The zero-order valence-corrected chi connectivity index (χ0v) is 16.6. The molecule has 1 aromatic heterocycles. The Bertz CT molecular complexity index is 831. The summed E-state index contributed by atoms with van der Waals surface area (Å²) in [5.74, 6) is -0.235. The van der Waals surface area contributed by atoms with Gasteiger partial charge in [-0.15, -0.1) is 0 Å². The van der Waals surface area contributed by atoms with Crippen LogP contribution in [0.2, 0.25) is 5.02 Å². The number of nitrogens with zero attached hydrogens (tertiary/aromatic N) is 2. The van der Waals surface area contributed by atoms with Crippen molar-refractivity contribution in [3.05, 3.63) is 23.2 Å². The van der Waals surface area contributed by atoms with Crippen molar-refractivity contribution < 1.29 is 14.3 Å². The molecule has 0 aliphatic carbocycles. The summed E-state index contributed by atoms with van der Waals surface area (Å²) < 4.78 is 6.35. The third-order valence-corrected chi connectivity index (χ3v) is 5.18. The van der Waals surface area contributed by atoms with Gasteiger partial charge in [-0.3, -0.25) is 9.69 Å². The second-order valence-corrected chi connectivity index (χ2v) is 8.77. The third-order valence-electron chi connectivity index (χ3n) is 4.01. The van der Waals surface area contributed by atoms with Crippen molar-refractivity contribution in [2.24, 2.45) is 0 Å². The third kappa shape index (κ3) is 4.45. The lowest BCUT2D eigenvalue weighted by atomic mass is 10.0. The molecule has 0 bridgehead atoms. The largest absolute Gasteiger partial charge is 0.444 e. The minimum absolute atomic E-state index is 0.235. The molecular formula is C18H22ClN3O3S. The van der Waals surface area contributed by atoms with E-state index in [1.807, 2.05) is 32.9 Å². The molecule has 1 fully saturated rings. The van der Waals surface area contributed by atoms with Crippen LogP contribution in [0.3, 0.4) is 0 Å². The lowest BCUT2D eigenvalue weighted by Crippen LogP contribution is -2.51. The van der Waals surface area contributed by atoms with E-state index in [1.165, 1.54) is 16.2 Å². The summed E-state index contributed by atoms with van der Waals surface area (Å²) >= 11 is 7.36. The normalized spacial score (nSPS) is 18.0. The summed E-state index contributed by atoms with van der Waals surface area (Å²) in [5.41, 5.74) is 0.185. The van der Waals surface area contributed by atoms with Crippen LogP contribution >= 0.6 is 22.9 Å². The number of carbonyl (C=O) groups excluding carboxylic acids is 2. The van der Waals surface area contributed by atoms with Gasteiger partial charge >= 0.3 is 6.09 Å². The number of anilines is 1. The predicted molar refractivity (Wildman–Crippen MR) is 104 cm³/mol. The number of benzene rings is 1. The number of hydrogen-bond acceptors (Lipinski definition) is 5. The molecule has 6 nitrogen and oxygen atoms in total. The van der Waals surface area contributed by atoms with Gasteiger partial charge in [-0.2, -0.15) is 0 Å². The topological polar surface area (TPSA) is 71.5 Å². The minimum atomic E-state index is -0.595. The molecular weight excluding hydrogens is 374 g/mol. The molecule has 0 spiro atoms. The van der Waals surface area contributed by atoms with Crippen LogP contribution in [0.15, 0.2) is 18.2 Å². The van der Waals surface area contributed by atoms with E-state index in [2.05, 4.69) is 10.3 Å². The summed E-state index contributed by atoms with van der Waals surface area (Å²) in [6.45, 7) is 5.96. The Morgan fingerprint density at radius 3 is 2.85 bits per heavy atom. The van der Waals surface area contributed by atoms with Crippen molar-refractivity contribution in [2.75, 3.05) is 11.9 Å². The smallest absolute Gasteiger partial charge is 0.410 e. The van der Waals surface area contributed by atoms with Crippen LogP contribution < -0.4 is 5.32 Å². The van der Waals surface area contributed by atoms with Gasteiger partial charge in [-0.25, -0.2) is 9.78 Å². The summed E-state index contributed by atoms with van der Waals surface area (Å²) in [4.78, 5) is 31.2. The molecule has 2 amide bonds. The number of likely N-dealkylation sites (tertiary alicyclic amines) is 1. The number of thiazole rings is 1. The second kappa shape index (κ2) is 7.40. The monoisotopic (exact) mass is 395 g/mol. The van der Waals surface area contributed by atoms with Gasteiger partial charge in [0.15, 0.2) is 5.13 Å².